The zero-order chi connectivity index (χ0) is 19.8. The molecule has 1 aromatic heterocycles. The van der Waals surface area contributed by atoms with Gasteiger partial charge in [0.1, 0.15) is 23.2 Å². The molecule has 0 amide bonds. The molecule has 0 radical (unpaired) electrons. The molecule has 0 saturated carbocycles. The highest BCUT2D eigenvalue weighted by atomic mass is 19.4. The third kappa shape index (κ3) is 3.46. The molecule has 0 saturated heterocycles. The molecule has 1 heterocycles. The number of hydrogen-bond donors (Lipinski definition) is 3. The molecular formula is C18H12F3N5O. The van der Waals surface area contributed by atoms with Gasteiger partial charge in [-0.05, 0) is 35.4 Å². The van der Waals surface area contributed by atoms with E-state index in [9.17, 15) is 23.5 Å². The molecule has 0 aliphatic rings. The van der Waals surface area contributed by atoms with Crippen LogP contribution in [0.5, 0.6) is 5.75 Å². The van der Waals surface area contributed by atoms with Gasteiger partial charge in [0, 0.05) is 5.56 Å². The predicted molar refractivity (Wildman–Crippen MR) is 93.1 cm³/mol. The SMILES string of the molecule is N#Cc1c(N)nc(N)nc1-c1cc(-c2ccc(C(F)(F)F)cc2)ccc1O. The van der Waals surface area contributed by atoms with Crippen molar-refractivity contribution in [3.8, 4) is 34.2 Å². The fraction of sp³-hybridized carbons (Fsp3) is 0.0556. The smallest absolute Gasteiger partial charge is 0.416 e. The summed E-state index contributed by atoms with van der Waals surface area (Å²) in [5.74, 6) is -0.514. The van der Waals surface area contributed by atoms with Gasteiger partial charge in [-0.2, -0.15) is 23.4 Å². The summed E-state index contributed by atoms with van der Waals surface area (Å²) in [6, 6.07) is 10.8. The fourth-order valence-corrected chi connectivity index (χ4v) is 2.56. The lowest BCUT2D eigenvalue weighted by atomic mass is 9.98. The summed E-state index contributed by atoms with van der Waals surface area (Å²) in [5.41, 5.74) is 11.6. The molecule has 0 aliphatic heterocycles. The van der Waals surface area contributed by atoms with Gasteiger partial charge in [0.25, 0.3) is 0 Å². The van der Waals surface area contributed by atoms with Gasteiger partial charge in [0.15, 0.2) is 0 Å². The van der Waals surface area contributed by atoms with Gasteiger partial charge >= 0.3 is 6.18 Å². The van der Waals surface area contributed by atoms with Crippen LogP contribution < -0.4 is 11.5 Å². The molecule has 0 spiro atoms. The lowest BCUT2D eigenvalue weighted by Crippen LogP contribution is -2.05. The van der Waals surface area contributed by atoms with E-state index in [1.54, 1.807) is 0 Å². The van der Waals surface area contributed by atoms with Crippen molar-refractivity contribution in [1.29, 1.82) is 5.26 Å². The predicted octanol–water partition coefficient (Wildman–Crippen LogP) is 3.57. The van der Waals surface area contributed by atoms with Crippen molar-refractivity contribution in [2.24, 2.45) is 0 Å². The highest BCUT2D eigenvalue weighted by Crippen LogP contribution is 2.36. The van der Waals surface area contributed by atoms with E-state index in [0.717, 1.165) is 12.1 Å². The minimum atomic E-state index is -4.43. The van der Waals surface area contributed by atoms with E-state index in [-0.39, 0.29) is 34.3 Å². The molecule has 27 heavy (non-hydrogen) atoms. The third-order valence-electron chi connectivity index (χ3n) is 3.86. The van der Waals surface area contributed by atoms with Crippen LogP contribution in [0.15, 0.2) is 42.5 Å². The summed E-state index contributed by atoms with van der Waals surface area (Å²) >= 11 is 0. The average Bonchev–Trinajstić information content (AvgIpc) is 2.61. The van der Waals surface area contributed by atoms with E-state index < -0.39 is 11.7 Å². The summed E-state index contributed by atoms with van der Waals surface area (Å²) in [5, 5.41) is 19.5. The van der Waals surface area contributed by atoms with Crippen LogP contribution in [0.4, 0.5) is 24.9 Å². The number of nitrogens with zero attached hydrogens (tertiary/aromatic N) is 3. The normalized spacial score (nSPS) is 11.2. The zero-order valence-corrected chi connectivity index (χ0v) is 13.6. The van der Waals surface area contributed by atoms with Crippen molar-refractivity contribution in [2.75, 3.05) is 11.5 Å². The Hall–Kier alpha value is -3.80. The number of rotatable bonds is 2. The van der Waals surface area contributed by atoms with Crippen LogP contribution in [-0.4, -0.2) is 15.1 Å². The average molecular weight is 371 g/mol. The van der Waals surface area contributed by atoms with Crippen molar-refractivity contribution in [3.05, 3.63) is 53.6 Å². The van der Waals surface area contributed by atoms with E-state index >= 15 is 0 Å². The van der Waals surface area contributed by atoms with Gasteiger partial charge in [-0.25, -0.2) is 4.98 Å². The molecule has 2 aromatic carbocycles. The van der Waals surface area contributed by atoms with E-state index in [4.69, 9.17) is 11.5 Å². The molecule has 3 aromatic rings. The van der Waals surface area contributed by atoms with Crippen LogP contribution >= 0.6 is 0 Å². The molecule has 136 valence electrons. The highest BCUT2D eigenvalue weighted by molar-refractivity contribution is 5.81. The second-order valence-corrected chi connectivity index (χ2v) is 5.61. The Morgan fingerprint density at radius 2 is 1.59 bits per heavy atom. The topological polar surface area (TPSA) is 122 Å². The van der Waals surface area contributed by atoms with Gasteiger partial charge < -0.3 is 16.6 Å². The molecule has 0 fully saturated rings. The third-order valence-corrected chi connectivity index (χ3v) is 3.86. The summed E-state index contributed by atoms with van der Waals surface area (Å²) in [4.78, 5) is 7.68. The second-order valence-electron chi connectivity index (χ2n) is 5.61. The lowest BCUT2D eigenvalue weighted by Gasteiger charge is -2.11. The maximum absolute atomic E-state index is 12.7. The first-order chi connectivity index (χ1) is 12.7. The standard InChI is InChI=1S/C18H12F3N5O/c19-18(20,21)11-4-1-9(2-5-11)10-3-6-14(27)12(7-10)15-13(8-22)16(23)26-17(24)25-15/h1-7,27H,(H4,23,24,25,26). The molecule has 9 heteroatoms. The molecule has 0 bridgehead atoms. The Morgan fingerprint density at radius 1 is 0.963 bits per heavy atom. The van der Waals surface area contributed by atoms with Crippen LogP contribution in [0.25, 0.3) is 22.4 Å². The first-order valence-corrected chi connectivity index (χ1v) is 7.55. The summed E-state index contributed by atoms with van der Waals surface area (Å²) in [6.45, 7) is 0. The summed E-state index contributed by atoms with van der Waals surface area (Å²) < 4.78 is 38.2. The second kappa shape index (κ2) is 6.49. The summed E-state index contributed by atoms with van der Waals surface area (Å²) in [7, 11) is 0. The van der Waals surface area contributed by atoms with Crippen molar-refractivity contribution in [1.82, 2.24) is 9.97 Å². The first-order valence-electron chi connectivity index (χ1n) is 7.55. The van der Waals surface area contributed by atoms with Crippen molar-refractivity contribution in [3.63, 3.8) is 0 Å². The number of anilines is 2. The van der Waals surface area contributed by atoms with E-state index in [0.29, 0.717) is 11.1 Å². The Balaban J connectivity index is 2.13. The van der Waals surface area contributed by atoms with Crippen LogP contribution in [0.2, 0.25) is 0 Å². The van der Waals surface area contributed by atoms with Crippen molar-refractivity contribution < 1.29 is 18.3 Å². The molecule has 0 aliphatic carbocycles. The Bertz CT molecular complexity index is 1060. The fourth-order valence-electron chi connectivity index (χ4n) is 2.56. The Morgan fingerprint density at radius 3 is 2.19 bits per heavy atom. The largest absolute Gasteiger partial charge is 0.507 e. The van der Waals surface area contributed by atoms with Gasteiger partial charge in [-0.3, -0.25) is 0 Å². The monoisotopic (exact) mass is 371 g/mol. The minimum Gasteiger partial charge on any atom is -0.507 e. The van der Waals surface area contributed by atoms with Crippen LogP contribution in [0.3, 0.4) is 0 Å². The number of phenols is 1. The Labute approximate surface area is 151 Å². The number of hydrogen-bond acceptors (Lipinski definition) is 6. The first kappa shape index (κ1) is 18.0. The number of aromatic nitrogens is 2. The number of alkyl halides is 3. The van der Waals surface area contributed by atoms with Crippen molar-refractivity contribution >= 4 is 11.8 Å². The maximum Gasteiger partial charge on any atom is 0.416 e. The molecule has 5 N–H and O–H groups in total. The van der Waals surface area contributed by atoms with Crippen LogP contribution in [-0.2, 0) is 6.18 Å². The van der Waals surface area contributed by atoms with Crippen LogP contribution in [0.1, 0.15) is 11.1 Å². The highest BCUT2D eigenvalue weighted by Gasteiger charge is 2.30. The number of nitrogens with two attached hydrogens (primary N) is 2. The molecule has 6 nitrogen and oxygen atoms in total. The number of nitriles is 1. The van der Waals surface area contributed by atoms with Crippen molar-refractivity contribution in [2.45, 2.75) is 6.18 Å². The number of aromatic hydroxyl groups is 1. The number of halogens is 3. The number of phenolic OH excluding ortho intramolecular Hbond substituents is 1. The van der Waals surface area contributed by atoms with E-state index in [1.807, 2.05) is 6.07 Å². The van der Waals surface area contributed by atoms with E-state index in [1.165, 1.54) is 30.3 Å². The van der Waals surface area contributed by atoms with Gasteiger partial charge in [-0.15, -0.1) is 0 Å². The minimum absolute atomic E-state index is 0.0359. The number of benzene rings is 2. The quantitative estimate of drug-likeness (QED) is 0.633. The molecule has 0 unspecified atom stereocenters. The summed E-state index contributed by atoms with van der Waals surface area (Å²) in [6.07, 6.45) is -4.43. The Kier molecular flexibility index (Phi) is 4.33. The molecular weight excluding hydrogens is 359 g/mol. The molecule has 0 atom stereocenters. The number of nitrogen functional groups attached to an aromatic ring is 2. The maximum atomic E-state index is 12.7. The molecule has 3 rings (SSSR count). The van der Waals surface area contributed by atoms with Gasteiger partial charge in [-0.1, -0.05) is 18.2 Å². The zero-order valence-electron chi connectivity index (χ0n) is 13.6. The lowest BCUT2D eigenvalue weighted by molar-refractivity contribution is -0.137. The van der Waals surface area contributed by atoms with Gasteiger partial charge in [0.05, 0.1) is 11.3 Å². The van der Waals surface area contributed by atoms with Gasteiger partial charge in [0.2, 0.25) is 5.95 Å². The van der Waals surface area contributed by atoms with E-state index in [2.05, 4.69) is 9.97 Å². The van der Waals surface area contributed by atoms with Crippen LogP contribution in [0, 0.1) is 11.3 Å².